The average molecular weight is 392 g/mol. The van der Waals surface area contributed by atoms with E-state index in [1.54, 1.807) is 35.1 Å². The Balaban J connectivity index is 1.56. The first-order valence-corrected chi connectivity index (χ1v) is 9.37. The van der Waals surface area contributed by atoms with E-state index in [2.05, 4.69) is 10.4 Å². The molecule has 3 heterocycles. The van der Waals surface area contributed by atoms with Crippen LogP contribution in [0, 0.1) is 0 Å². The fourth-order valence-corrected chi connectivity index (χ4v) is 3.26. The van der Waals surface area contributed by atoms with Crippen molar-refractivity contribution in [3.8, 4) is 0 Å². The average Bonchev–Trinajstić information content (AvgIpc) is 3.45. The quantitative estimate of drug-likeness (QED) is 0.648. The summed E-state index contributed by atoms with van der Waals surface area (Å²) in [6.45, 7) is 4.10. The summed E-state index contributed by atoms with van der Waals surface area (Å²) in [5.41, 5.74) is 0.786. The molecule has 0 spiro atoms. The smallest absolute Gasteiger partial charge is 0.261 e. The Bertz CT molecular complexity index is 1080. The van der Waals surface area contributed by atoms with Crippen molar-refractivity contribution in [3.05, 3.63) is 71.3 Å². The number of amides is 3. The lowest BCUT2D eigenvalue weighted by atomic mass is 10.1. The maximum absolute atomic E-state index is 12.7. The summed E-state index contributed by atoms with van der Waals surface area (Å²) in [7, 11) is 0. The van der Waals surface area contributed by atoms with Crippen LogP contribution in [0.25, 0.3) is 0 Å². The molecule has 1 unspecified atom stereocenters. The lowest BCUT2D eigenvalue weighted by molar-refractivity contribution is 0.0631. The van der Waals surface area contributed by atoms with E-state index in [0.29, 0.717) is 17.1 Å². The van der Waals surface area contributed by atoms with Crippen LogP contribution < -0.4 is 5.32 Å². The van der Waals surface area contributed by atoms with E-state index in [1.165, 1.54) is 18.4 Å². The van der Waals surface area contributed by atoms with Crippen LogP contribution in [-0.4, -0.2) is 32.4 Å². The Hall–Kier alpha value is -3.68. The van der Waals surface area contributed by atoms with Crippen molar-refractivity contribution in [2.45, 2.75) is 32.9 Å². The molecule has 0 fully saturated rings. The molecule has 1 N–H and O–H groups in total. The molecule has 0 aliphatic carbocycles. The van der Waals surface area contributed by atoms with Gasteiger partial charge in [-0.1, -0.05) is 6.92 Å². The maximum atomic E-state index is 12.7. The van der Waals surface area contributed by atoms with E-state index in [1.807, 2.05) is 13.8 Å². The third-order valence-corrected chi connectivity index (χ3v) is 5.05. The van der Waals surface area contributed by atoms with E-state index in [0.717, 1.165) is 11.3 Å². The zero-order valence-corrected chi connectivity index (χ0v) is 16.1. The number of aromatic nitrogens is 2. The first kappa shape index (κ1) is 18.7. The molecule has 1 aliphatic heterocycles. The molecule has 4 rings (SSSR count). The van der Waals surface area contributed by atoms with Crippen LogP contribution in [0.3, 0.4) is 0 Å². The molecule has 3 aromatic rings. The summed E-state index contributed by atoms with van der Waals surface area (Å²) in [4.78, 5) is 39.1. The van der Waals surface area contributed by atoms with Crippen LogP contribution in [0.15, 0.2) is 53.3 Å². The highest BCUT2D eigenvalue weighted by Gasteiger charge is 2.36. The number of anilines is 1. The van der Waals surface area contributed by atoms with Crippen molar-refractivity contribution in [1.29, 1.82) is 0 Å². The van der Waals surface area contributed by atoms with Crippen molar-refractivity contribution >= 4 is 23.5 Å². The van der Waals surface area contributed by atoms with E-state index in [9.17, 15) is 14.4 Å². The Morgan fingerprint density at radius 3 is 2.69 bits per heavy atom. The number of hydrogen-bond donors (Lipinski definition) is 1. The second kappa shape index (κ2) is 7.38. The Kier molecular flexibility index (Phi) is 4.75. The first-order valence-electron chi connectivity index (χ1n) is 9.37. The number of fused-ring (bicyclic) bond motifs is 1. The maximum Gasteiger partial charge on any atom is 0.261 e. The highest BCUT2D eigenvalue weighted by molar-refractivity contribution is 6.22. The molecule has 1 atom stereocenters. The lowest BCUT2D eigenvalue weighted by Gasteiger charge is -2.14. The van der Waals surface area contributed by atoms with Gasteiger partial charge in [-0.05, 0) is 43.7 Å². The van der Waals surface area contributed by atoms with Crippen LogP contribution in [0.1, 0.15) is 63.1 Å². The van der Waals surface area contributed by atoms with Crippen LogP contribution >= 0.6 is 0 Å². The number of rotatable bonds is 6. The van der Waals surface area contributed by atoms with Gasteiger partial charge in [0.1, 0.15) is 11.6 Å². The number of hydrogen-bond acceptors (Lipinski definition) is 5. The van der Waals surface area contributed by atoms with Gasteiger partial charge in [0.2, 0.25) is 0 Å². The summed E-state index contributed by atoms with van der Waals surface area (Å²) in [6.07, 6.45) is 3.98. The molecular formula is C21H20N4O4. The number of nitrogens with zero attached hydrogens (tertiary/aromatic N) is 3. The van der Waals surface area contributed by atoms with Gasteiger partial charge in [-0.15, -0.1) is 0 Å². The van der Waals surface area contributed by atoms with Crippen molar-refractivity contribution < 1.29 is 18.8 Å². The second-order valence-electron chi connectivity index (χ2n) is 6.91. The van der Waals surface area contributed by atoms with Crippen molar-refractivity contribution in [1.82, 2.24) is 14.7 Å². The van der Waals surface area contributed by atoms with Crippen molar-refractivity contribution in [3.63, 3.8) is 0 Å². The summed E-state index contributed by atoms with van der Waals surface area (Å²) in [6, 6.07) is 9.75. The Labute approximate surface area is 167 Å². The van der Waals surface area contributed by atoms with Crippen LogP contribution in [-0.2, 0) is 6.54 Å². The van der Waals surface area contributed by atoms with Crippen molar-refractivity contribution in [2.75, 3.05) is 5.32 Å². The standard InChI is InChI=1S/C21H20N4O4/c1-3-13(2)25-18(8-9-22-25)23-19(26)14-6-7-16-17(11-14)21(28)24(20(16)27)12-15-5-4-10-29-15/h4-11,13H,3,12H2,1-2H3,(H,23,26). The van der Waals surface area contributed by atoms with Gasteiger partial charge >= 0.3 is 0 Å². The molecule has 148 valence electrons. The highest BCUT2D eigenvalue weighted by atomic mass is 16.3. The molecule has 0 saturated heterocycles. The third kappa shape index (κ3) is 3.33. The van der Waals surface area contributed by atoms with Gasteiger partial charge in [0.25, 0.3) is 17.7 Å². The van der Waals surface area contributed by atoms with E-state index >= 15 is 0 Å². The zero-order chi connectivity index (χ0) is 20.5. The first-order chi connectivity index (χ1) is 14.0. The van der Waals surface area contributed by atoms with Gasteiger partial charge in [-0.25, -0.2) is 4.68 Å². The topological polar surface area (TPSA) is 97.4 Å². The van der Waals surface area contributed by atoms with E-state index in [4.69, 9.17) is 4.42 Å². The Morgan fingerprint density at radius 2 is 1.97 bits per heavy atom. The van der Waals surface area contributed by atoms with Gasteiger partial charge < -0.3 is 9.73 Å². The molecule has 1 aliphatic rings. The molecule has 1 aromatic carbocycles. The summed E-state index contributed by atoms with van der Waals surface area (Å²) in [5, 5.41) is 7.07. The van der Waals surface area contributed by atoms with Gasteiger partial charge in [0, 0.05) is 11.6 Å². The van der Waals surface area contributed by atoms with Gasteiger partial charge in [0.05, 0.1) is 36.2 Å². The number of imide groups is 1. The van der Waals surface area contributed by atoms with Gasteiger partial charge in [-0.2, -0.15) is 5.10 Å². The molecule has 8 nitrogen and oxygen atoms in total. The predicted molar refractivity (Wildman–Crippen MR) is 105 cm³/mol. The minimum atomic E-state index is -0.444. The van der Waals surface area contributed by atoms with E-state index in [-0.39, 0.29) is 29.6 Å². The van der Waals surface area contributed by atoms with E-state index < -0.39 is 11.8 Å². The number of benzene rings is 1. The Morgan fingerprint density at radius 1 is 1.17 bits per heavy atom. The SMILES string of the molecule is CCC(C)n1nccc1NC(=O)c1ccc2c(c1)C(=O)N(Cc1ccco1)C2=O. The summed E-state index contributed by atoms with van der Waals surface area (Å²) in [5.74, 6) is -0.131. The molecule has 0 saturated carbocycles. The molecule has 2 aromatic heterocycles. The molecule has 3 amide bonds. The lowest BCUT2D eigenvalue weighted by Crippen LogP contribution is -2.28. The van der Waals surface area contributed by atoms with Gasteiger partial charge in [-0.3, -0.25) is 19.3 Å². The summed E-state index contributed by atoms with van der Waals surface area (Å²) >= 11 is 0. The minimum Gasteiger partial charge on any atom is -0.467 e. The number of furan rings is 1. The fourth-order valence-electron chi connectivity index (χ4n) is 3.26. The van der Waals surface area contributed by atoms with Crippen LogP contribution in [0.5, 0.6) is 0 Å². The monoisotopic (exact) mass is 392 g/mol. The second-order valence-corrected chi connectivity index (χ2v) is 6.91. The van der Waals surface area contributed by atoms with Gasteiger partial charge in [0.15, 0.2) is 0 Å². The minimum absolute atomic E-state index is 0.0506. The fraction of sp³-hybridized carbons (Fsp3) is 0.238. The molecule has 29 heavy (non-hydrogen) atoms. The highest BCUT2D eigenvalue weighted by Crippen LogP contribution is 2.26. The summed E-state index contributed by atoms with van der Waals surface area (Å²) < 4.78 is 6.97. The number of carbonyl (C=O) groups excluding carboxylic acids is 3. The number of carbonyl (C=O) groups is 3. The molecule has 8 heteroatoms. The van der Waals surface area contributed by atoms with Crippen LogP contribution in [0.2, 0.25) is 0 Å². The molecule has 0 radical (unpaired) electrons. The van der Waals surface area contributed by atoms with Crippen LogP contribution in [0.4, 0.5) is 5.82 Å². The normalized spacial score (nSPS) is 14.2. The molecule has 0 bridgehead atoms. The third-order valence-electron chi connectivity index (χ3n) is 5.05. The molecular weight excluding hydrogens is 372 g/mol. The largest absolute Gasteiger partial charge is 0.467 e. The zero-order valence-electron chi connectivity index (χ0n) is 16.1. The number of nitrogens with one attached hydrogen (secondary N) is 1. The van der Waals surface area contributed by atoms with Crippen molar-refractivity contribution in [2.24, 2.45) is 0 Å². The predicted octanol–water partition coefficient (Wildman–Crippen LogP) is 3.50.